The van der Waals surface area contributed by atoms with E-state index in [2.05, 4.69) is 5.32 Å². The van der Waals surface area contributed by atoms with E-state index in [4.69, 9.17) is 4.42 Å². The number of hydrogen-bond acceptors (Lipinski definition) is 5. The van der Waals surface area contributed by atoms with E-state index in [1.165, 1.54) is 11.8 Å². The van der Waals surface area contributed by atoms with Crippen LogP contribution in [0.15, 0.2) is 15.6 Å². The third kappa shape index (κ3) is 3.30. The fraction of sp³-hybridized carbons (Fsp3) is 0.615. The van der Waals surface area contributed by atoms with Gasteiger partial charge in [0.1, 0.15) is 5.76 Å². The van der Waals surface area contributed by atoms with Crippen molar-refractivity contribution < 1.29 is 14.3 Å². The van der Waals surface area contributed by atoms with Crippen molar-refractivity contribution in [3.8, 4) is 0 Å². The second kappa shape index (κ2) is 6.24. The van der Waals surface area contributed by atoms with Gasteiger partial charge in [-0.2, -0.15) is 11.8 Å². The molecule has 0 saturated carbocycles. The van der Waals surface area contributed by atoms with E-state index in [1.807, 2.05) is 18.0 Å². The van der Waals surface area contributed by atoms with Crippen LogP contribution in [0.25, 0.3) is 0 Å². The molecule has 1 aromatic rings. The van der Waals surface area contributed by atoms with Crippen molar-refractivity contribution in [3.05, 3.63) is 17.4 Å². The summed E-state index contributed by atoms with van der Waals surface area (Å²) in [5.41, 5.74) is 0.0985. The summed E-state index contributed by atoms with van der Waals surface area (Å²) >= 11 is 3.33. The molecule has 0 spiro atoms. The molecule has 4 nitrogen and oxygen atoms in total. The van der Waals surface area contributed by atoms with Gasteiger partial charge in [0.05, 0.1) is 17.7 Å². The number of carbonyl (C=O) groups is 1. The number of hydrogen-bond donors (Lipinski definition) is 2. The smallest absolute Gasteiger partial charge is 0.255 e. The van der Waals surface area contributed by atoms with Gasteiger partial charge in [0.25, 0.3) is 5.91 Å². The predicted molar refractivity (Wildman–Crippen MR) is 79.1 cm³/mol. The maximum Gasteiger partial charge on any atom is 0.255 e. The molecule has 2 N–H and O–H groups in total. The third-order valence-electron chi connectivity index (χ3n) is 3.47. The first-order valence-electron chi connectivity index (χ1n) is 6.26. The first-order valence-corrected chi connectivity index (χ1v) is 8.64. The summed E-state index contributed by atoms with van der Waals surface area (Å²) in [5, 5.41) is 13.3. The van der Waals surface area contributed by atoms with Crippen LogP contribution in [0.4, 0.5) is 0 Å². The monoisotopic (exact) mass is 301 g/mol. The summed E-state index contributed by atoms with van der Waals surface area (Å²) in [6.07, 6.45) is 3.53. The van der Waals surface area contributed by atoms with E-state index in [1.54, 1.807) is 13.0 Å². The molecular formula is C13H19NO3S2. The number of aliphatic hydroxyl groups excluding tert-OH is 1. The minimum Gasteiger partial charge on any atom is -0.454 e. The molecule has 1 amide bonds. The lowest BCUT2D eigenvalue weighted by Crippen LogP contribution is -2.53. The Morgan fingerprint density at radius 3 is 2.79 bits per heavy atom. The molecule has 6 heteroatoms. The molecule has 1 saturated heterocycles. The van der Waals surface area contributed by atoms with Crippen molar-refractivity contribution in [1.29, 1.82) is 0 Å². The Balaban J connectivity index is 2.12. The van der Waals surface area contributed by atoms with Gasteiger partial charge in [0, 0.05) is 6.07 Å². The number of aryl methyl sites for hydroxylation is 1. The number of rotatable bonds is 4. The second-order valence-corrected chi connectivity index (χ2v) is 6.78. The molecular weight excluding hydrogens is 282 g/mol. The van der Waals surface area contributed by atoms with Crippen LogP contribution < -0.4 is 5.32 Å². The Hall–Kier alpha value is -0.590. The molecule has 1 aliphatic heterocycles. The zero-order valence-electron chi connectivity index (χ0n) is 11.2. The fourth-order valence-electron chi connectivity index (χ4n) is 2.17. The van der Waals surface area contributed by atoms with Crippen molar-refractivity contribution in [1.82, 2.24) is 5.32 Å². The Labute approximate surface area is 121 Å². The van der Waals surface area contributed by atoms with Gasteiger partial charge in [-0.1, -0.05) is 11.8 Å². The topological polar surface area (TPSA) is 62.5 Å². The van der Waals surface area contributed by atoms with Crippen LogP contribution in [0, 0.1) is 6.92 Å². The van der Waals surface area contributed by atoms with Crippen LogP contribution in [-0.4, -0.2) is 40.9 Å². The van der Waals surface area contributed by atoms with Crippen LogP contribution in [0.1, 0.15) is 29.0 Å². The standard InChI is InChI=1S/C13H19NO3S2/c1-9-10(7-11(17-9)18-2)12(16)14-13(8-15)3-5-19-6-4-13/h7,15H,3-6,8H2,1-2H3,(H,14,16). The largest absolute Gasteiger partial charge is 0.454 e. The summed E-state index contributed by atoms with van der Waals surface area (Å²) < 4.78 is 5.48. The highest BCUT2D eigenvalue weighted by molar-refractivity contribution is 7.99. The van der Waals surface area contributed by atoms with Crippen molar-refractivity contribution in [3.63, 3.8) is 0 Å². The first-order chi connectivity index (χ1) is 9.10. The van der Waals surface area contributed by atoms with Crippen LogP contribution in [0.5, 0.6) is 0 Å². The number of carbonyl (C=O) groups excluding carboxylic acids is 1. The van der Waals surface area contributed by atoms with Gasteiger partial charge in [-0.3, -0.25) is 4.79 Å². The molecule has 0 bridgehead atoms. The molecule has 2 rings (SSSR count). The average Bonchev–Trinajstić information content (AvgIpc) is 2.81. The van der Waals surface area contributed by atoms with Gasteiger partial charge >= 0.3 is 0 Å². The number of furan rings is 1. The Kier molecular flexibility index (Phi) is 4.86. The van der Waals surface area contributed by atoms with Crippen LogP contribution in [0.3, 0.4) is 0 Å². The lowest BCUT2D eigenvalue weighted by Gasteiger charge is -2.36. The molecule has 0 atom stereocenters. The first kappa shape index (κ1) is 14.8. The summed E-state index contributed by atoms with van der Waals surface area (Å²) in [6, 6.07) is 1.76. The summed E-state index contributed by atoms with van der Waals surface area (Å²) in [7, 11) is 0. The SMILES string of the molecule is CSc1cc(C(=O)NC2(CO)CCSCC2)c(C)o1. The Morgan fingerprint density at radius 1 is 1.58 bits per heavy atom. The lowest BCUT2D eigenvalue weighted by atomic mass is 9.93. The van der Waals surface area contributed by atoms with Gasteiger partial charge in [0.15, 0.2) is 5.09 Å². The highest BCUT2D eigenvalue weighted by atomic mass is 32.2. The van der Waals surface area contributed by atoms with Gasteiger partial charge in [0.2, 0.25) is 0 Å². The van der Waals surface area contributed by atoms with E-state index in [-0.39, 0.29) is 12.5 Å². The van der Waals surface area contributed by atoms with E-state index in [0.29, 0.717) is 11.3 Å². The van der Waals surface area contributed by atoms with Crippen molar-refractivity contribution in [2.24, 2.45) is 0 Å². The summed E-state index contributed by atoms with van der Waals surface area (Å²) in [4.78, 5) is 12.3. The Morgan fingerprint density at radius 2 is 2.26 bits per heavy atom. The minimum absolute atomic E-state index is 0.00835. The summed E-state index contributed by atoms with van der Waals surface area (Å²) in [5.74, 6) is 2.42. The van der Waals surface area contributed by atoms with Crippen molar-refractivity contribution in [2.45, 2.75) is 30.4 Å². The third-order valence-corrected chi connectivity index (χ3v) is 5.06. The molecule has 1 aromatic heterocycles. The molecule has 106 valence electrons. The molecule has 2 heterocycles. The van der Waals surface area contributed by atoms with Crippen LogP contribution in [-0.2, 0) is 0 Å². The minimum atomic E-state index is -0.467. The molecule has 0 unspecified atom stereocenters. The van der Waals surface area contributed by atoms with E-state index < -0.39 is 5.54 Å². The van der Waals surface area contributed by atoms with E-state index >= 15 is 0 Å². The molecule has 1 fully saturated rings. The Bertz CT molecular complexity index is 453. The lowest BCUT2D eigenvalue weighted by molar-refractivity contribution is 0.0816. The molecule has 19 heavy (non-hydrogen) atoms. The molecule has 0 aromatic carbocycles. The maximum atomic E-state index is 12.3. The number of nitrogens with one attached hydrogen (secondary N) is 1. The van der Waals surface area contributed by atoms with Gasteiger partial charge in [-0.25, -0.2) is 0 Å². The number of aliphatic hydroxyl groups is 1. The highest BCUT2D eigenvalue weighted by Crippen LogP contribution is 2.28. The van der Waals surface area contributed by atoms with Gasteiger partial charge in [-0.15, -0.1) is 0 Å². The van der Waals surface area contributed by atoms with Gasteiger partial charge in [-0.05, 0) is 37.5 Å². The van der Waals surface area contributed by atoms with Crippen LogP contribution in [0.2, 0.25) is 0 Å². The van der Waals surface area contributed by atoms with E-state index in [0.717, 1.165) is 29.4 Å². The number of thioether (sulfide) groups is 2. The van der Waals surface area contributed by atoms with Crippen molar-refractivity contribution >= 4 is 29.4 Å². The van der Waals surface area contributed by atoms with Gasteiger partial charge < -0.3 is 14.8 Å². The summed E-state index contributed by atoms with van der Waals surface area (Å²) in [6.45, 7) is 1.78. The maximum absolute atomic E-state index is 12.3. The second-order valence-electron chi connectivity index (χ2n) is 4.74. The van der Waals surface area contributed by atoms with E-state index in [9.17, 15) is 9.90 Å². The number of amides is 1. The zero-order chi connectivity index (χ0) is 13.9. The predicted octanol–water partition coefficient (Wildman–Crippen LogP) is 2.30. The van der Waals surface area contributed by atoms with Crippen LogP contribution >= 0.6 is 23.5 Å². The molecule has 0 aliphatic carbocycles. The zero-order valence-corrected chi connectivity index (χ0v) is 12.8. The average molecular weight is 301 g/mol. The normalized spacial score (nSPS) is 18.3. The van der Waals surface area contributed by atoms with Crippen molar-refractivity contribution in [2.75, 3.05) is 24.4 Å². The fourth-order valence-corrected chi connectivity index (χ4v) is 3.89. The molecule has 0 radical (unpaired) electrons. The molecule has 1 aliphatic rings. The quantitative estimate of drug-likeness (QED) is 0.836. The highest BCUT2D eigenvalue weighted by Gasteiger charge is 2.34.